The van der Waals surface area contributed by atoms with Crippen LogP contribution in [0.2, 0.25) is 0 Å². The molecular weight excluding hydrogens is 375 g/mol. The first kappa shape index (κ1) is 21.2. The van der Waals surface area contributed by atoms with Crippen LogP contribution in [0.1, 0.15) is 29.7 Å². The number of nitrogens with zero attached hydrogens (tertiary/aromatic N) is 4. The lowest BCUT2D eigenvalue weighted by atomic mass is 10.0. The summed E-state index contributed by atoms with van der Waals surface area (Å²) >= 11 is 0. The lowest BCUT2D eigenvalue weighted by Crippen LogP contribution is -2.46. The summed E-state index contributed by atoms with van der Waals surface area (Å²) < 4.78 is 24.0. The van der Waals surface area contributed by atoms with E-state index in [4.69, 9.17) is 9.26 Å². The first-order valence-corrected chi connectivity index (χ1v) is 9.96. The predicted molar refractivity (Wildman–Crippen MR) is 108 cm³/mol. The van der Waals surface area contributed by atoms with Gasteiger partial charge in [0.05, 0.1) is 19.3 Å². The molecule has 0 amide bonds. The number of rotatable bonds is 8. The van der Waals surface area contributed by atoms with Crippen molar-refractivity contribution >= 4 is 5.96 Å². The van der Waals surface area contributed by atoms with Gasteiger partial charge in [0.25, 0.3) is 0 Å². The molecule has 158 valence electrons. The Bertz CT molecular complexity index is 774. The molecule has 0 aliphatic carbocycles. The highest BCUT2D eigenvalue weighted by Gasteiger charge is 2.23. The number of hydrogen-bond acceptors (Lipinski definition) is 6. The molecule has 1 saturated heterocycles. The summed E-state index contributed by atoms with van der Waals surface area (Å²) in [6.45, 7) is 6.31. The van der Waals surface area contributed by atoms with Gasteiger partial charge in [-0.05, 0) is 31.0 Å². The van der Waals surface area contributed by atoms with Crippen LogP contribution in [-0.4, -0.2) is 67.4 Å². The molecule has 1 fully saturated rings. The Kier molecular flexibility index (Phi) is 7.94. The quantitative estimate of drug-likeness (QED) is 0.393. The molecule has 9 heteroatoms. The maximum atomic E-state index is 13.4. The number of aryl methyl sites for hydroxylation is 2. The van der Waals surface area contributed by atoms with Crippen LogP contribution in [0.25, 0.3) is 0 Å². The molecule has 1 unspecified atom stereocenters. The molecule has 29 heavy (non-hydrogen) atoms. The highest BCUT2D eigenvalue weighted by atomic mass is 19.1. The van der Waals surface area contributed by atoms with E-state index in [-0.39, 0.29) is 11.9 Å². The van der Waals surface area contributed by atoms with Crippen molar-refractivity contribution in [2.45, 2.75) is 25.8 Å². The average Bonchev–Trinajstić information content (AvgIpc) is 3.16. The Labute approximate surface area is 170 Å². The number of halogens is 1. The first-order chi connectivity index (χ1) is 14.2. The van der Waals surface area contributed by atoms with Crippen LogP contribution in [0.3, 0.4) is 0 Å². The molecule has 1 aliphatic rings. The predicted octanol–water partition coefficient (Wildman–Crippen LogP) is 1.69. The summed E-state index contributed by atoms with van der Waals surface area (Å²) in [6, 6.07) is 6.82. The molecule has 1 aromatic carbocycles. The molecule has 0 bridgehead atoms. The van der Waals surface area contributed by atoms with Crippen molar-refractivity contribution in [3.8, 4) is 0 Å². The molecule has 1 aliphatic heterocycles. The van der Waals surface area contributed by atoms with Crippen LogP contribution in [0.4, 0.5) is 4.39 Å². The van der Waals surface area contributed by atoms with Crippen LogP contribution in [0.5, 0.6) is 0 Å². The van der Waals surface area contributed by atoms with Crippen LogP contribution < -0.4 is 10.6 Å². The van der Waals surface area contributed by atoms with Gasteiger partial charge in [0.2, 0.25) is 5.89 Å². The van der Waals surface area contributed by atoms with Crippen LogP contribution in [0, 0.1) is 12.7 Å². The molecule has 1 aromatic heterocycles. The standard InChI is InChI=1S/C20H29FN6O2/c1-15-25-19(29-26-15)4-3-9-23-20(22-2)24-14-18(27-10-12-28-13-11-27)16-5-7-17(21)8-6-16/h5-8,18H,3-4,9-14H2,1-2H3,(H2,22,23,24). The highest BCUT2D eigenvalue weighted by molar-refractivity contribution is 5.79. The van der Waals surface area contributed by atoms with Gasteiger partial charge in [0.15, 0.2) is 11.8 Å². The molecule has 8 nitrogen and oxygen atoms in total. The average molecular weight is 404 g/mol. The van der Waals surface area contributed by atoms with Crippen LogP contribution in [-0.2, 0) is 11.2 Å². The molecule has 0 spiro atoms. The maximum absolute atomic E-state index is 13.4. The number of nitrogens with one attached hydrogen (secondary N) is 2. The van der Waals surface area contributed by atoms with E-state index in [1.807, 2.05) is 19.1 Å². The van der Waals surface area contributed by atoms with E-state index in [2.05, 4.69) is 30.7 Å². The van der Waals surface area contributed by atoms with Gasteiger partial charge < -0.3 is 19.9 Å². The second-order valence-electron chi connectivity index (χ2n) is 6.93. The van der Waals surface area contributed by atoms with Crippen molar-refractivity contribution < 1.29 is 13.7 Å². The van der Waals surface area contributed by atoms with Gasteiger partial charge in [0, 0.05) is 39.6 Å². The minimum absolute atomic E-state index is 0.111. The molecule has 1 atom stereocenters. The van der Waals surface area contributed by atoms with Crippen molar-refractivity contribution in [1.82, 2.24) is 25.7 Å². The summed E-state index contributed by atoms with van der Waals surface area (Å²) in [6.07, 6.45) is 1.57. The Morgan fingerprint density at radius 2 is 2.00 bits per heavy atom. The van der Waals surface area contributed by atoms with Gasteiger partial charge in [-0.1, -0.05) is 17.3 Å². The SMILES string of the molecule is CN=C(NCCCc1nc(C)no1)NCC(c1ccc(F)cc1)N1CCOCC1. The van der Waals surface area contributed by atoms with Gasteiger partial charge in [0.1, 0.15) is 5.82 Å². The third kappa shape index (κ3) is 6.50. The van der Waals surface area contributed by atoms with E-state index in [9.17, 15) is 4.39 Å². The number of aromatic nitrogens is 2. The van der Waals surface area contributed by atoms with E-state index in [1.54, 1.807) is 7.05 Å². The molecule has 3 rings (SSSR count). The molecule has 2 heterocycles. The summed E-state index contributed by atoms with van der Waals surface area (Å²) in [7, 11) is 1.75. The fourth-order valence-corrected chi connectivity index (χ4v) is 3.33. The summed E-state index contributed by atoms with van der Waals surface area (Å²) in [5.74, 6) is 1.81. The lowest BCUT2D eigenvalue weighted by Gasteiger charge is -2.35. The molecule has 0 radical (unpaired) electrons. The molecule has 2 N–H and O–H groups in total. The van der Waals surface area contributed by atoms with Crippen molar-refractivity contribution in [2.75, 3.05) is 46.4 Å². The number of morpholine rings is 1. The Morgan fingerprint density at radius 1 is 1.24 bits per heavy atom. The highest BCUT2D eigenvalue weighted by Crippen LogP contribution is 2.21. The van der Waals surface area contributed by atoms with Crippen molar-refractivity contribution in [3.05, 3.63) is 47.4 Å². The Hall–Kier alpha value is -2.52. The number of ether oxygens (including phenoxy) is 1. The van der Waals surface area contributed by atoms with E-state index >= 15 is 0 Å². The summed E-state index contributed by atoms with van der Waals surface area (Å²) in [5, 5.41) is 10.5. The van der Waals surface area contributed by atoms with Crippen LogP contribution in [0.15, 0.2) is 33.8 Å². The second kappa shape index (κ2) is 10.9. The number of benzene rings is 1. The molecular formula is C20H29FN6O2. The lowest BCUT2D eigenvalue weighted by molar-refractivity contribution is 0.0170. The van der Waals surface area contributed by atoms with Crippen LogP contribution >= 0.6 is 0 Å². The van der Waals surface area contributed by atoms with Crippen molar-refractivity contribution in [3.63, 3.8) is 0 Å². The van der Waals surface area contributed by atoms with E-state index < -0.39 is 0 Å². The van der Waals surface area contributed by atoms with Gasteiger partial charge in [-0.25, -0.2) is 4.39 Å². The Balaban J connectivity index is 1.51. The second-order valence-corrected chi connectivity index (χ2v) is 6.93. The normalized spacial score (nSPS) is 16.6. The minimum Gasteiger partial charge on any atom is -0.379 e. The zero-order valence-electron chi connectivity index (χ0n) is 17.0. The smallest absolute Gasteiger partial charge is 0.226 e. The van der Waals surface area contributed by atoms with Gasteiger partial charge in [-0.3, -0.25) is 9.89 Å². The fraction of sp³-hybridized carbons (Fsp3) is 0.550. The van der Waals surface area contributed by atoms with Gasteiger partial charge >= 0.3 is 0 Å². The largest absolute Gasteiger partial charge is 0.379 e. The zero-order chi connectivity index (χ0) is 20.5. The minimum atomic E-state index is -0.226. The van der Waals surface area contributed by atoms with Crippen molar-refractivity contribution in [2.24, 2.45) is 4.99 Å². The third-order valence-corrected chi connectivity index (χ3v) is 4.86. The van der Waals surface area contributed by atoms with E-state index in [0.717, 1.165) is 44.0 Å². The van der Waals surface area contributed by atoms with E-state index in [1.165, 1.54) is 12.1 Å². The van der Waals surface area contributed by atoms with Gasteiger partial charge in [-0.15, -0.1) is 0 Å². The topological polar surface area (TPSA) is 87.8 Å². The fourth-order valence-electron chi connectivity index (χ4n) is 3.33. The maximum Gasteiger partial charge on any atom is 0.226 e. The summed E-state index contributed by atoms with van der Waals surface area (Å²) in [5.41, 5.74) is 1.07. The van der Waals surface area contributed by atoms with Crippen molar-refractivity contribution in [1.29, 1.82) is 0 Å². The summed E-state index contributed by atoms with van der Waals surface area (Å²) in [4.78, 5) is 10.9. The number of hydrogen-bond donors (Lipinski definition) is 2. The third-order valence-electron chi connectivity index (χ3n) is 4.86. The number of guanidine groups is 1. The number of aliphatic imine (C=N–C) groups is 1. The molecule has 2 aromatic rings. The Morgan fingerprint density at radius 3 is 2.66 bits per heavy atom. The van der Waals surface area contributed by atoms with E-state index in [0.29, 0.717) is 31.5 Å². The zero-order valence-corrected chi connectivity index (χ0v) is 17.0. The molecule has 0 saturated carbocycles. The van der Waals surface area contributed by atoms with Gasteiger partial charge in [-0.2, -0.15) is 4.98 Å². The first-order valence-electron chi connectivity index (χ1n) is 9.96. The monoisotopic (exact) mass is 404 g/mol.